The van der Waals surface area contributed by atoms with Crippen molar-refractivity contribution >= 4 is 29.2 Å². The molecule has 3 amide bonds. The molecule has 0 saturated carbocycles. The Labute approximate surface area is 145 Å². The quantitative estimate of drug-likeness (QED) is 0.911. The summed E-state index contributed by atoms with van der Waals surface area (Å²) in [4.78, 5) is 32.0. The highest BCUT2D eigenvalue weighted by atomic mass is 35.5. The molecule has 1 aliphatic heterocycles. The lowest BCUT2D eigenvalue weighted by Crippen LogP contribution is -2.51. The van der Waals surface area contributed by atoms with Crippen LogP contribution in [0.2, 0.25) is 5.02 Å². The molecule has 6 nitrogen and oxygen atoms in total. The standard InChI is InChI=1S/C17H17ClN4O2/c18-14-4-1-5-15(11-14)20-17(24)22-9-7-21(8-10-22)16(23)13-3-2-6-19-12-13/h1-6,11-12H,7-10H2,(H,20,24). The van der Waals surface area contributed by atoms with E-state index in [4.69, 9.17) is 11.6 Å². The van der Waals surface area contributed by atoms with Gasteiger partial charge in [-0.25, -0.2) is 4.79 Å². The first-order valence-electron chi connectivity index (χ1n) is 7.64. The molecule has 3 rings (SSSR count). The number of nitrogens with zero attached hydrogens (tertiary/aromatic N) is 3. The molecule has 0 atom stereocenters. The summed E-state index contributed by atoms with van der Waals surface area (Å²) in [7, 11) is 0. The lowest BCUT2D eigenvalue weighted by atomic mass is 10.2. The molecule has 2 aromatic rings. The van der Waals surface area contributed by atoms with Crippen LogP contribution in [-0.4, -0.2) is 52.9 Å². The van der Waals surface area contributed by atoms with Crippen LogP contribution in [0, 0.1) is 0 Å². The number of hydrogen-bond acceptors (Lipinski definition) is 3. The highest BCUT2D eigenvalue weighted by Gasteiger charge is 2.24. The van der Waals surface area contributed by atoms with E-state index < -0.39 is 0 Å². The van der Waals surface area contributed by atoms with Gasteiger partial charge in [-0.1, -0.05) is 17.7 Å². The molecule has 1 saturated heterocycles. The molecule has 1 N–H and O–H groups in total. The maximum absolute atomic E-state index is 12.4. The van der Waals surface area contributed by atoms with Crippen LogP contribution in [0.4, 0.5) is 10.5 Å². The average Bonchev–Trinajstić information content (AvgIpc) is 2.62. The van der Waals surface area contributed by atoms with Crippen LogP contribution in [0.3, 0.4) is 0 Å². The van der Waals surface area contributed by atoms with Gasteiger partial charge < -0.3 is 15.1 Å². The van der Waals surface area contributed by atoms with E-state index >= 15 is 0 Å². The van der Waals surface area contributed by atoms with Crippen molar-refractivity contribution in [3.8, 4) is 0 Å². The van der Waals surface area contributed by atoms with Gasteiger partial charge in [-0.2, -0.15) is 0 Å². The van der Waals surface area contributed by atoms with E-state index in [0.717, 1.165) is 0 Å². The van der Waals surface area contributed by atoms with Crippen molar-refractivity contribution in [1.29, 1.82) is 0 Å². The molecule has 0 bridgehead atoms. The van der Waals surface area contributed by atoms with Gasteiger partial charge in [0.15, 0.2) is 0 Å². The zero-order chi connectivity index (χ0) is 16.9. The number of benzene rings is 1. The number of piperazine rings is 1. The molecule has 1 aromatic heterocycles. The third-order valence-electron chi connectivity index (χ3n) is 3.84. The molecule has 0 unspecified atom stereocenters. The summed E-state index contributed by atoms with van der Waals surface area (Å²) in [6.45, 7) is 1.96. The molecule has 1 aromatic carbocycles. The van der Waals surface area contributed by atoms with Crippen LogP contribution in [0.1, 0.15) is 10.4 Å². The number of urea groups is 1. The van der Waals surface area contributed by atoms with Crippen molar-refractivity contribution in [2.75, 3.05) is 31.5 Å². The Morgan fingerprint density at radius 3 is 2.46 bits per heavy atom. The van der Waals surface area contributed by atoms with Gasteiger partial charge in [-0.3, -0.25) is 9.78 Å². The van der Waals surface area contributed by atoms with Gasteiger partial charge in [0.1, 0.15) is 0 Å². The largest absolute Gasteiger partial charge is 0.335 e. The molecule has 7 heteroatoms. The number of aromatic nitrogens is 1. The number of rotatable bonds is 2. The monoisotopic (exact) mass is 344 g/mol. The second-order valence-electron chi connectivity index (χ2n) is 5.46. The lowest BCUT2D eigenvalue weighted by Gasteiger charge is -2.34. The van der Waals surface area contributed by atoms with Crippen molar-refractivity contribution in [3.05, 3.63) is 59.4 Å². The Morgan fingerprint density at radius 1 is 1.04 bits per heavy atom. The average molecular weight is 345 g/mol. The molecule has 0 aliphatic carbocycles. The van der Waals surface area contributed by atoms with Crippen LogP contribution in [0.25, 0.3) is 0 Å². The fourth-order valence-corrected chi connectivity index (χ4v) is 2.74. The third-order valence-corrected chi connectivity index (χ3v) is 4.07. The molecule has 124 valence electrons. The molecular formula is C17H17ClN4O2. The highest BCUT2D eigenvalue weighted by Crippen LogP contribution is 2.16. The fourth-order valence-electron chi connectivity index (χ4n) is 2.55. The van der Waals surface area contributed by atoms with E-state index in [1.54, 1.807) is 58.6 Å². The van der Waals surface area contributed by atoms with E-state index in [2.05, 4.69) is 10.3 Å². The molecule has 2 heterocycles. The van der Waals surface area contributed by atoms with E-state index in [1.165, 1.54) is 0 Å². The summed E-state index contributed by atoms with van der Waals surface area (Å²) in [5.74, 6) is -0.0574. The summed E-state index contributed by atoms with van der Waals surface area (Å²) in [6.07, 6.45) is 3.19. The summed E-state index contributed by atoms with van der Waals surface area (Å²) in [6, 6.07) is 10.3. The number of amides is 3. The van der Waals surface area contributed by atoms with Gasteiger partial charge in [-0.15, -0.1) is 0 Å². The number of carbonyl (C=O) groups excluding carboxylic acids is 2. The molecule has 0 radical (unpaired) electrons. The minimum absolute atomic E-state index is 0.0574. The fraction of sp³-hybridized carbons (Fsp3) is 0.235. The summed E-state index contributed by atoms with van der Waals surface area (Å²) >= 11 is 5.91. The van der Waals surface area contributed by atoms with E-state index in [0.29, 0.717) is 42.5 Å². The Hall–Kier alpha value is -2.60. The zero-order valence-electron chi connectivity index (χ0n) is 13.0. The summed E-state index contributed by atoms with van der Waals surface area (Å²) in [5.41, 5.74) is 1.22. The Morgan fingerprint density at radius 2 is 1.79 bits per heavy atom. The molecular weight excluding hydrogens is 328 g/mol. The van der Waals surface area contributed by atoms with E-state index in [-0.39, 0.29) is 11.9 Å². The number of anilines is 1. The maximum Gasteiger partial charge on any atom is 0.321 e. The zero-order valence-corrected chi connectivity index (χ0v) is 13.7. The van der Waals surface area contributed by atoms with Gasteiger partial charge in [0.2, 0.25) is 0 Å². The van der Waals surface area contributed by atoms with Gasteiger partial charge in [0.05, 0.1) is 5.56 Å². The highest BCUT2D eigenvalue weighted by molar-refractivity contribution is 6.30. The second kappa shape index (κ2) is 7.31. The third kappa shape index (κ3) is 3.83. The summed E-state index contributed by atoms with van der Waals surface area (Å²) in [5, 5.41) is 3.39. The van der Waals surface area contributed by atoms with Gasteiger partial charge in [0.25, 0.3) is 5.91 Å². The normalized spacial score (nSPS) is 14.4. The first-order chi connectivity index (χ1) is 11.6. The SMILES string of the molecule is O=C(Nc1cccc(Cl)c1)N1CCN(C(=O)c2cccnc2)CC1. The Kier molecular flexibility index (Phi) is 4.96. The topological polar surface area (TPSA) is 65.5 Å². The van der Waals surface area contributed by atoms with Crippen LogP contribution in [0.5, 0.6) is 0 Å². The number of nitrogens with one attached hydrogen (secondary N) is 1. The maximum atomic E-state index is 12.4. The van der Waals surface area contributed by atoms with Crippen LogP contribution in [-0.2, 0) is 0 Å². The smallest absolute Gasteiger partial charge is 0.321 e. The molecule has 1 fully saturated rings. The minimum Gasteiger partial charge on any atom is -0.335 e. The van der Waals surface area contributed by atoms with Gasteiger partial charge >= 0.3 is 6.03 Å². The van der Waals surface area contributed by atoms with E-state index in [9.17, 15) is 9.59 Å². The molecule has 24 heavy (non-hydrogen) atoms. The first kappa shape index (κ1) is 16.3. The number of carbonyl (C=O) groups is 2. The number of hydrogen-bond donors (Lipinski definition) is 1. The number of pyridine rings is 1. The van der Waals surface area contributed by atoms with E-state index in [1.807, 2.05) is 0 Å². The van der Waals surface area contributed by atoms with Crippen LogP contribution >= 0.6 is 11.6 Å². The molecule has 0 spiro atoms. The first-order valence-corrected chi connectivity index (χ1v) is 8.02. The Balaban J connectivity index is 1.55. The predicted molar refractivity (Wildman–Crippen MR) is 92.2 cm³/mol. The summed E-state index contributed by atoms with van der Waals surface area (Å²) < 4.78 is 0. The van der Waals surface area contributed by atoms with Gasteiger partial charge in [0, 0.05) is 49.3 Å². The van der Waals surface area contributed by atoms with Crippen molar-refractivity contribution < 1.29 is 9.59 Å². The predicted octanol–water partition coefficient (Wildman–Crippen LogP) is 2.72. The van der Waals surface area contributed by atoms with Gasteiger partial charge in [-0.05, 0) is 30.3 Å². The van der Waals surface area contributed by atoms with Crippen LogP contribution in [0.15, 0.2) is 48.8 Å². The Bertz CT molecular complexity index is 730. The van der Waals surface area contributed by atoms with Crippen molar-refractivity contribution in [3.63, 3.8) is 0 Å². The number of halogens is 1. The molecule has 1 aliphatic rings. The van der Waals surface area contributed by atoms with Crippen LogP contribution < -0.4 is 5.32 Å². The van der Waals surface area contributed by atoms with Crippen molar-refractivity contribution in [1.82, 2.24) is 14.8 Å². The second-order valence-corrected chi connectivity index (χ2v) is 5.90. The minimum atomic E-state index is -0.189. The van der Waals surface area contributed by atoms with Crippen molar-refractivity contribution in [2.24, 2.45) is 0 Å². The lowest BCUT2D eigenvalue weighted by molar-refractivity contribution is 0.0671. The van der Waals surface area contributed by atoms with Crippen molar-refractivity contribution in [2.45, 2.75) is 0 Å².